The molecule has 0 saturated carbocycles. The van der Waals surface area contributed by atoms with Gasteiger partial charge < -0.3 is 11.1 Å². The van der Waals surface area contributed by atoms with E-state index >= 15 is 0 Å². The summed E-state index contributed by atoms with van der Waals surface area (Å²) in [5, 5.41) is 3.29. The van der Waals surface area contributed by atoms with Crippen LogP contribution in [0.25, 0.3) is 0 Å². The lowest BCUT2D eigenvalue weighted by molar-refractivity contribution is 0.564. The minimum atomic E-state index is 0.673. The lowest BCUT2D eigenvalue weighted by Crippen LogP contribution is -2.27. The van der Waals surface area contributed by atoms with Crippen LogP contribution in [0.4, 0.5) is 0 Å². The second kappa shape index (κ2) is 5.10. The normalized spacial score (nSPS) is 22.5. The number of allylic oxidation sites excluding steroid dienone is 3. The van der Waals surface area contributed by atoms with E-state index in [1.54, 1.807) is 0 Å². The molecular weight excluding hydrogens is 136 g/mol. The molecule has 0 aliphatic heterocycles. The highest BCUT2D eigenvalue weighted by Gasteiger charge is 2.02. The molecular formula is C9H16N2. The van der Waals surface area contributed by atoms with Crippen molar-refractivity contribution in [3.05, 3.63) is 24.3 Å². The SMILES string of the molecule is NCCNCC1C=CC=CC1. The average molecular weight is 152 g/mol. The first-order valence-electron chi connectivity index (χ1n) is 4.17. The standard InChI is InChI=1S/C9H16N2/c10-6-7-11-8-9-4-2-1-3-5-9/h1-4,9,11H,5-8,10H2. The van der Waals surface area contributed by atoms with E-state index in [-0.39, 0.29) is 0 Å². The third kappa shape index (κ3) is 3.35. The minimum absolute atomic E-state index is 0.673. The van der Waals surface area contributed by atoms with Crippen molar-refractivity contribution in [2.24, 2.45) is 11.7 Å². The van der Waals surface area contributed by atoms with Crippen molar-refractivity contribution >= 4 is 0 Å². The van der Waals surface area contributed by atoms with Gasteiger partial charge in [0.25, 0.3) is 0 Å². The first-order valence-corrected chi connectivity index (χ1v) is 4.17. The van der Waals surface area contributed by atoms with Crippen LogP contribution in [0.3, 0.4) is 0 Å². The summed E-state index contributed by atoms with van der Waals surface area (Å²) in [6.07, 6.45) is 9.81. The van der Waals surface area contributed by atoms with Gasteiger partial charge in [0.1, 0.15) is 0 Å². The summed E-state index contributed by atoms with van der Waals surface area (Å²) in [7, 11) is 0. The van der Waals surface area contributed by atoms with E-state index in [9.17, 15) is 0 Å². The van der Waals surface area contributed by atoms with Crippen LogP contribution in [0.2, 0.25) is 0 Å². The molecule has 0 aromatic heterocycles. The Labute approximate surface area is 68.2 Å². The van der Waals surface area contributed by atoms with Gasteiger partial charge in [-0.15, -0.1) is 0 Å². The molecule has 2 heteroatoms. The smallest absolute Gasteiger partial charge is 0.00747 e. The van der Waals surface area contributed by atoms with Crippen LogP contribution in [0.5, 0.6) is 0 Å². The van der Waals surface area contributed by atoms with E-state index in [1.165, 1.54) is 0 Å². The van der Waals surface area contributed by atoms with Gasteiger partial charge in [-0.1, -0.05) is 24.3 Å². The van der Waals surface area contributed by atoms with Gasteiger partial charge >= 0.3 is 0 Å². The Bertz CT molecular complexity index is 150. The van der Waals surface area contributed by atoms with Gasteiger partial charge in [0.2, 0.25) is 0 Å². The quantitative estimate of drug-likeness (QED) is 0.581. The summed E-state index contributed by atoms with van der Waals surface area (Å²) < 4.78 is 0. The fraction of sp³-hybridized carbons (Fsp3) is 0.556. The van der Waals surface area contributed by atoms with Crippen LogP contribution in [0.15, 0.2) is 24.3 Å². The molecule has 2 nitrogen and oxygen atoms in total. The van der Waals surface area contributed by atoms with Crippen LogP contribution >= 0.6 is 0 Å². The highest BCUT2D eigenvalue weighted by molar-refractivity contribution is 5.11. The molecule has 0 spiro atoms. The third-order valence-corrected chi connectivity index (χ3v) is 1.80. The van der Waals surface area contributed by atoms with Crippen molar-refractivity contribution in [1.29, 1.82) is 0 Å². The van der Waals surface area contributed by atoms with Gasteiger partial charge in [-0.05, 0) is 12.3 Å². The molecule has 0 aromatic carbocycles. The van der Waals surface area contributed by atoms with E-state index in [0.29, 0.717) is 5.92 Å². The lowest BCUT2D eigenvalue weighted by Gasteiger charge is -2.12. The zero-order valence-corrected chi connectivity index (χ0v) is 6.79. The molecule has 0 bridgehead atoms. The van der Waals surface area contributed by atoms with Crippen molar-refractivity contribution < 1.29 is 0 Å². The van der Waals surface area contributed by atoms with Crippen molar-refractivity contribution in [3.8, 4) is 0 Å². The molecule has 0 saturated heterocycles. The monoisotopic (exact) mass is 152 g/mol. The fourth-order valence-corrected chi connectivity index (χ4v) is 1.17. The Balaban J connectivity index is 2.07. The third-order valence-electron chi connectivity index (χ3n) is 1.80. The summed E-state index contributed by atoms with van der Waals surface area (Å²) in [6.45, 7) is 2.71. The number of hydrogen-bond acceptors (Lipinski definition) is 2. The Hall–Kier alpha value is -0.600. The maximum atomic E-state index is 5.35. The van der Waals surface area contributed by atoms with Gasteiger partial charge in [0.15, 0.2) is 0 Å². The Morgan fingerprint density at radius 2 is 2.36 bits per heavy atom. The first kappa shape index (κ1) is 8.50. The summed E-state index contributed by atoms with van der Waals surface area (Å²) in [6, 6.07) is 0. The summed E-state index contributed by atoms with van der Waals surface area (Å²) in [5.41, 5.74) is 5.35. The molecule has 0 amide bonds. The molecule has 0 fully saturated rings. The van der Waals surface area contributed by atoms with E-state index in [0.717, 1.165) is 26.1 Å². The largest absolute Gasteiger partial charge is 0.329 e. The Morgan fingerprint density at radius 3 is 3.00 bits per heavy atom. The van der Waals surface area contributed by atoms with Crippen molar-refractivity contribution in [3.63, 3.8) is 0 Å². The predicted octanol–water partition coefficient (Wildman–Crippen LogP) is 0.667. The molecule has 0 aromatic rings. The van der Waals surface area contributed by atoms with Crippen LogP contribution in [0.1, 0.15) is 6.42 Å². The van der Waals surface area contributed by atoms with Gasteiger partial charge in [0.05, 0.1) is 0 Å². The van der Waals surface area contributed by atoms with Gasteiger partial charge in [0, 0.05) is 19.6 Å². The Morgan fingerprint density at radius 1 is 1.45 bits per heavy atom. The first-order chi connectivity index (χ1) is 5.43. The van der Waals surface area contributed by atoms with E-state index in [4.69, 9.17) is 5.73 Å². The summed E-state index contributed by atoms with van der Waals surface area (Å²) in [5.74, 6) is 0.673. The average Bonchev–Trinajstić information content (AvgIpc) is 2.07. The molecule has 1 atom stereocenters. The van der Waals surface area contributed by atoms with Crippen LogP contribution in [-0.2, 0) is 0 Å². The van der Waals surface area contributed by atoms with E-state index in [1.807, 2.05) is 0 Å². The lowest BCUT2D eigenvalue weighted by atomic mass is 10.0. The van der Waals surface area contributed by atoms with Crippen LogP contribution in [0, 0.1) is 5.92 Å². The zero-order chi connectivity index (χ0) is 7.94. The predicted molar refractivity (Wildman–Crippen MR) is 48.3 cm³/mol. The highest BCUT2D eigenvalue weighted by atomic mass is 14.9. The minimum Gasteiger partial charge on any atom is -0.329 e. The number of hydrogen-bond donors (Lipinski definition) is 2. The molecule has 1 aliphatic rings. The number of nitrogens with two attached hydrogens (primary N) is 1. The van der Waals surface area contributed by atoms with Crippen LogP contribution < -0.4 is 11.1 Å². The van der Waals surface area contributed by atoms with Crippen molar-refractivity contribution in [2.45, 2.75) is 6.42 Å². The van der Waals surface area contributed by atoms with Gasteiger partial charge in [-0.2, -0.15) is 0 Å². The molecule has 0 heterocycles. The number of nitrogens with one attached hydrogen (secondary N) is 1. The maximum Gasteiger partial charge on any atom is 0.00747 e. The van der Waals surface area contributed by atoms with Crippen LogP contribution in [-0.4, -0.2) is 19.6 Å². The van der Waals surface area contributed by atoms with Crippen molar-refractivity contribution in [2.75, 3.05) is 19.6 Å². The molecule has 1 rings (SSSR count). The molecule has 3 N–H and O–H groups in total. The summed E-state index contributed by atoms with van der Waals surface area (Å²) in [4.78, 5) is 0. The van der Waals surface area contributed by atoms with E-state index in [2.05, 4.69) is 29.6 Å². The zero-order valence-electron chi connectivity index (χ0n) is 6.79. The fourth-order valence-electron chi connectivity index (χ4n) is 1.17. The van der Waals surface area contributed by atoms with Crippen molar-refractivity contribution in [1.82, 2.24) is 5.32 Å². The highest BCUT2D eigenvalue weighted by Crippen LogP contribution is 2.09. The molecule has 1 unspecified atom stereocenters. The van der Waals surface area contributed by atoms with Gasteiger partial charge in [-0.3, -0.25) is 0 Å². The molecule has 1 aliphatic carbocycles. The second-order valence-corrected chi connectivity index (χ2v) is 2.80. The second-order valence-electron chi connectivity index (χ2n) is 2.80. The molecule has 11 heavy (non-hydrogen) atoms. The number of rotatable bonds is 4. The summed E-state index contributed by atoms with van der Waals surface area (Å²) >= 11 is 0. The van der Waals surface area contributed by atoms with Gasteiger partial charge in [-0.25, -0.2) is 0 Å². The topological polar surface area (TPSA) is 38.0 Å². The maximum absolute atomic E-state index is 5.35. The molecule has 62 valence electrons. The van der Waals surface area contributed by atoms with E-state index < -0.39 is 0 Å². The molecule has 0 radical (unpaired) electrons. The Kier molecular flexibility index (Phi) is 3.94.